The molecule has 0 saturated heterocycles. The molecule has 0 bridgehead atoms. The van der Waals surface area contributed by atoms with E-state index in [4.69, 9.17) is 9.15 Å². The summed E-state index contributed by atoms with van der Waals surface area (Å²) in [6, 6.07) is 27.6. The number of oxazole rings is 1. The van der Waals surface area contributed by atoms with Crippen molar-refractivity contribution in [3.8, 4) is 0 Å². The van der Waals surface area contributed by atoms with Crippen molar-refractivity contribution in [3.05, 3.63) is 120 Å². The maximum atomic E-state index is 14.0. The van der Waals surface area contributed by atoms with Crippen LogP contribution in [0.15, 0.2) is 101 Å². The maximum absolute atomic E-state index is 14.0. The number of carboxylic acid groups (broad SMARTS) is 2. The molecule has 0 fully saturated rings. The predicted molar refractivity (Wildman–Crippen MR) is 180 cm³/mol. The summed E-state index contributed by atoms with van der Waals surface area (Å²) in [6.45, 7) is 2.05. The molecule has 0 aliphatic carbocycles. The number of hydrogen-bond donors (Lipinski definition) is 2. The van der Waals surface area contributed by atoms with Gasteiger partial charge in [-0.1, -0.05) is 66.7 Å². The lowest BCUT2D eigenvalue weighted by atomic mass is 9.87. The van der Waals surface area contributed by atoms with Gasteiger partial charge in [-0.3, -0.25) is 14.4 Å². The summed E-state index contributed by atoms with van der Waals surface area (Å²) in [6.07, 6.45) is 2.95. The number of methoxy groups -OCH3 is 1. The van der Waals surface area contributed by atoms with Gasteiger partial charge in [0.2, 0.25) is 11.8 Å². The molecule has 5 rings (SSSR count). The third kappa shape index (κ3) is 8.14. The van der Waals surface area contributed by atoms with E-state index in [2.05, 4.69) is 4.98 Å². The summed E-state index contributed by atoms with van der Waals surface area (Å²) in [5.41, 5.74) is 3.41. The van der Waals surface area contributed by atoms with Crippen molar-refractivity contribution in [1.82, 2.24) is 9.88 Å². The van der Waals surface area contributed by atoms with Gasteiger partial charge in [-0.2, -0.15) is 0 Å². The highest BCUT2D eigenvalue weighted by atomic mass is 16.5. The smallest absolute Gasteiger partial charge is 0.337 e. The lowest BCUT2D eigenvalue weighted by molar-refractivity contribution is -0.151. The number of hydrogen-bond acceptors (Lipinski definition) is 7. The first-order valence-corrected chi connectivity index (χ1v) is 15.5. The highest BCUT2D eigenvalue weighted by Crippen LogP contribution is 2.31. The van der Waals surface area contributed by atoms with E-state index in [-0.39, 0.29) is 12.5 Å². The molecule has 1 amide bonds. The van der Waals surface area contributed by atoms with Gasteiger partial charge in [-0.05, 0) is 71.7 Å². The number of aliphatic carboxylic acids is 2. The van der Waals surface area contributed by atoms with Crippen molar-refractivity contribution in [1.29, 1.82) is 0 Å². The summed E-state index contributed by atoms with van der Waals surface area (Å²) in [4.78, 5) is 55.8. The summed E-state index contributed by atoms with van der Waals surface area (Å²) in [5, 5.41) is 21.1. The van der Waals surface area contributed by atoms with Gasteiger partial charge in [0.1, 0.15) is 5.52 Å². The van der Waals surface area contributed by atoms with Gasteiger partial charge in [-0.15, -0.1) is 0 Å². The van der Waals surface area contributed by atoms with E-state index in [0.717, 1.165) is 27.4 Å². The minimum Gasteiger partial charge on any atom is -0.481 e. The number of amides is 1. The molecule has 10 heteroatoms. The number of fused-ring (bicyclic) bond motifs is 2. The van der Waals surface area contributed by atoms with Crippen LogP contribution in [0.5, 0.6) is 0 Å². The van der Waals surface area contributed by atoms with Crippen LogP contribution in [0.3, 0.4) is 0 Å². The lowest BCUT2D eigenvalue weighted by Crippen LogP contribution is -2.43. The van der Waals surface area contributed by atoms with Gasteiger partial charge in [0.15, 0.2) is 5.58 Å². The number of nitrogens with zero attached hydrogens (tertiary/aromatic N) is 2. The molecule has 0 aliphatic heterocycles. The summed E-state index contributed by atoms with van der Waals surface area (Å²) in [7, 11) is 1.31. The summed E-state index contributed by atoms with van der Waals surface area (Å²) < 4.78 is 10.7. The fourth-order valence-corrected chi connectivity index (χ4v) is 5.87. The van der Waals surface area contributed by atoms with Crippen LogP contribution in [0.2, 0.25) is 0 Å². The fraction of sp³-hybridized carbons (Fsp3) is 0.237. The molecule has 2 N–H and O–H groups in total. The topological polar surface area (TPSA) is 147 Å². The molecule has 1 aromatic heterocycles. The van der Waals surface area contributed by atoms with Crippen molar-refractivity contribution in [2.75, 3.05) is 7.11 Å². The van der Waals surface area contributed by atoms with E-state index in [1.54, 1.807) is 23.1 Å². The average Bonchev–Trinajstić information content (AvgIpc) is 3.51. The first-order chi connectivity index (χ1) is 23.1. The number of esters is 1. The van der Waals surface area contributed by atoms with Crippen molar-refractivity contribution in [2.24, 2.45) is 5.92 Å². The van der Waals surface area contributed by atoms with Crippen LogP contribution in [0.4, 0.5) is 0 Å². The van der Waals surface area contributed by atoms with Gasteiger partial charge >= 0.3 is 17.9 Å². The molecule has 0 spiro atoms. The van der Waals surface area contributed by atoms with Gasteiger partial charge in [0.05, 0.1) is 25.0 Å². The number of ether oxygens (including phenoxy) is 1. The van der Waals surface area contributed by atoms with Crippen LogP contribution >= 0.6 is 0 Å². The summed E-state index contributed by atoms with van der Waals surface area (Å²) in [5.74, 6) is -4.90. The van der Waals surface area contributed by atoms with E-state index in [0.29, 0.717) is 23.5 Å². The Morgan fingerprint density at radius 1 is 0.896 bits per heavy atom. The molecular formula is C38H36N2O8. The largest absolute Gasteiger partial charge is 0.481 e. The predicted octanol–water partition coefficient (Wildman–Crippen LogP) is 6.94. The molecule has 3 atom stereocenters. The number of para-hydroxylation sites is 2. The minimum absolute atomic E-state index is 0.163. The molecule has 0 aliphatic rings. The van der Waals surface area contributed by atoms with Crippen LogP contribution in [0, 0.1) is 5.92 Å². The second-order valence-electron chi connectivity index (χ2n) is 11.7. The second-order valence-corrected chi connectivity index (χ2v) is 11.7. The normalized spacial score (nSPS) is 13.3. The Balaban J connectivity index is 1.51. The molecule has 10 nitrogen and oxygen atoms in total. The van der Waals surface area contributed by atoms with E-state index in [1.165, 1.54) is 7.11 Å². The molecule has 1 unspecified atom stereocenters. The molecule has 48 heavy (non-hydrogen) atoms. The Hall–Kier alpha value is -5.77. The molecule has 5 aromatic rings. The average molecular weight is 649 g/mol. The third-order valence-electron chi connectivity index (χ3n) is 8.47. The molecular weight excluding hydrogens is 612 g/mol. The van der Waals surface area contributed by atoms with Gasteiger partial charge < -0.3 is 24.3 Å². The number of rotatable bonds is 14. The van der Waals surface area contributed by atoms with E-state index < -0.39 is 48.6 Å². The van der Waals surface area contributed by atoms with Crippen molar-refractivity contribution in [2.45, 2.75) is 44.7 Å². The maximum Gasteiger partial charge on any atom is 0.337 e. The minimum atomic E-state index is -1.39. The zero-order valence-electron chi connectivity index (χ0n) is 26.6. The zero-order valence-corrected chi connectivity index (χ0v) is 26.6. The number of allylic oxidation sites excluding steroid dienone is 1. The number of carbonyl (C=O) groups excluding carboxylic acids is 2. The van der Waals surface area contributed by atoms with Crippen molar-refractivity contribution < 1.29 is 38.5 Å². The monoisotopic (exact) mass is 648 g/mol. The highest BCUT2D eigenvalue weighted by Gasteiger charge is 2.32. The van der Waals surface area contributed by atoms with Crippen molar-refractivity contribution >= 4 is 51.8 Å². The first kappa shape index (κ1) is 33.6. The number of benzene rings is 4. The van der Waals surface area contributed by atoms with Gasteiger partial charge in [0, 0.05) is 24.9 Å². The number of carbonyl (C=O) groups is 4. The van der Waals surface area contributed by atoms with Gasteiger partial charge in [-0.25, -0.2) is 9.78 Å². The van der Waals surface area contributed by atoms with E-state index >= 15 is 0 Å². The Bertz CT molecular complexity index is 1930. The van der Waals surface area contributed by atoms with Crippen LogP contribution < -0.4 is 0 Å². The Labute approximate surface area is 277 Å². The molecule has 1 heterocycles. The first-order valence-electron chi connectivity index (χ1n) is 15.5. The van der Waals surface area contributed by atoms with E-state index in [1.807, 2.05) is 91.9 Å². The number of aromatic nitrogens is 1. The Kier molecular flexibility index (Phi) is 10.6. The van der Waals surface area contributed by atoms with Gasteiger partial charge in [0.25, 0.3) is 0 Å². The van der Waals surface area contributed by atoms with E-state index in [9.17, 15) is 29.4 Å². The number of carboxylic acids is 2. The molecule has 0 saturated carbocycles. The molecule has 0 radical (unpaired) electrons. The summed E-state index contributed by atoms with van der Waals surface area (Å²) >= 11 is 0. The lowest BCUT2D eigenvalue weighted by Gasteiger charge is -2.36. The van der Waals surface area contributed by atoms with Crippen LogP contribution in [-0.2, 0) is 25.7 Å². The van der Waals surface area contributed by atoms with Crippen molar-refractivity contribution in [3.63, 3.8) is 0 Å². The second kappa shape index (κ2) is 15.2. The van der Waals surface area contributed by atoms with Crippen LogP contribution in [0.25, 0.3) is 27.9 Å². The fourth-order valence-electron chi connectivity index (χ4n) is 5.87. The van der Waals surface area contributed by atoms with Crippen LogP contribution in [0.1, 0.15) is 59.5 Å². The standard InChI is InChI=1S/C38H36N2O8/c1-24(40(35(41)21-30(37(44)45)22-36(42)43)23-25-14-15-26-8-3-4-9-29(26)20-25)31(27-16-18-28(19-17-27)38(46)47-2)10-7-13-34-39-32-11-5-6-12-33(32)48-34/h3-9,11-20,24,30-31H,10,21-23H2,1-2H3,(H,42,43)(H,44,45)/t24-,30-,31?/m1/s1. The molecule has 246 valence electrons. The highest BCUT2D eigenvalue weighted by molar-refractivity contribution is 5.89. The Morgan fingerprint density at radius 2 is 1.60 bits per heavy atom. The zero-order chi connectivity index (χ0) is 34.2. The van der Waals surface area contributed by atoms with Crippen LogP contribution in [-0.4, -0.2) is 57.1 Å². The third-order valence-corrected chi connectivity index (χ3v) is 8.47. The Morgan fingerprint density at radius 3 is 2.29 bits per heavy atom. The SMILES string of the molecule is COC(=O)c1ccc(C(CC=Cc2nc3ccccc3o2)[C@@H](C)N(Cc2ccc3ccccc3c2)C(=O)C[C@H](CC(=O)O)C(=O)O)cc1. The quantitative estimate of drug-likeness (QED) is 0.122. The molecule has 4 aromatic carbocycles.